The number of carbonyl (C=O) groups excluding carboxylic acids is 3. The van der Waals surface area contributed by atoms with E-state index in [1.54, 1.807) is 26.0 Å². The van der Waals surface area contributed by atoms with Crippen molar-refractivity contribution in [1.29, 1.82) is 0 Å². The lowest BCUT2D eigenvalue weighted by molar-refractivity contribution is -0.142. The molecule has 3 fully saturated rings. The number of aromatic nitrogens is 1. The number of carboxylic acid groups (broad SMARTS) is 1. The van der Waals surface area contributed by atoms with Crippen LogP contribution >= 0.6 is 0 Å². The Hall–Kier alpha value is -4.54. The van der Waals surface area contributed by atoms with Crippen LogP contribution in [0.5, 0.6) is 11.6 Å². The number of carbonyl (C=O) groups is 4. The van der Waals surface area contributed by atoms with E-state index in [1.165, 1.54) is 23.2 Å². The number of pyridine rings is 1. The van der Waals surface area contributed by atoms with Gasteiger partial charge in [0.15, 0.2) is 11.6 Å². The van der Waals surface area contributed by atoms with Gasteiger partial charge in [0.05, 0.1) is 13.2 Å². The van der Waals surface area contributed by atoms with Crippen molar-refractivity contribution in [3.63, 3.8) is 0 Å². The number of allylic oxidation sites excluding steroid dienone is 1. The van der Waals surface area contributed by atoms with Crippen LogP contribution in [-0.2, 0) is 24.4 Å². The molecule has 17 heteroatoms. The van der Waals surface area contributed by atoms with Crippen molar-refractivity contribution in [2.24, 2.45) is 17.8 Å². The minimum atomic E-state index is -4.41. The Kier molecular flexibility index (Phi) is 10.6. The first-order valence-electron chi connectivity index (χ1n) is 17.9. The Balaban J connectivity index is 1.34. The van der Waals surface area contributed by atoms with Gasteiger partial charge in [-0.05, 0) is 80.9 Å². The molecule has 2 aliphatic carbocycles. The lowest BCUT2D eigenvalue weighted by Crippen LogP contribution is -2.59. The molecule has 288 valence electrons. The molecule has 2 aromatic rings. The summed E-state index contributed by atoms with van der Waals surface area (Å²) in [7, 11) is -4.41. The second-order valence-electron chi connectivity index (χ2n) is 14.8. The molecule has 53 heavy (non-hydrogen) atoms. The maximum absolute atomic E-state index is 14.9. The van der Waals surface area contributed by atoms with Gasteiger partial charge in [-0.25, -0.2) is 27.0 Å². The zero-order valence-electron chi connectivity index (χ0n) is 29.8. The fraction of sp³-hybridized carbons (Fsp3) is 0.583. The summed E-state index contributed by atoms with van der Waals surface area (Å²) in [5.74, 6) is -4.05. The number of hydrogen-bond donors (Lipinski definition) is 4. The van der Waals surface area contributed by atoms with E-state index in [4.69, 9.17) is 9.47 Å². The van der Waals surface area contributed by atoms with Crippen molar-refractivity contribution in [1.82, 2.24) is 25.2 Å². The molecule has 2 saturated carbocycles. The number of fused-ring (bicyclic) bond motifs is 3. The molecular formula is C36H45F2N5O9S. The summed E-state index contributed by atoms with van der Waals surface area (Å²) in [5, 5.41) is 15.7. The molecule has 6 rings (SSSR count). The van der Waals surface area contributed by atoms with E-state index < -0.39 is 86.6 Å². The van der Waals surface area contributed by atoms with Gasteiger partial charge in [0.25, 0.3) is 5.91 Å². The van der Waals surface area contributed by atoms with Crippen LogP contribution in [0.15, 0.2) is 36.5 Å². The van der Waals surface area contributed by atoms with Gasteiger partial charge in [-0.1, -0.05) is 26.0 Å². The molecular weight excluding hydrogens is 716 g/mol. The molecule has 0 unspecified atom stereocenters. The smallest absolute Gasteiger partial charge is 0.405 e. The second-order valence-corrected chi connectivity index (χ2v) is 16.9. The van der Waals surface area contributed by atoms with Crippen molar-refractivity contribution in [3.05, 3.63) is 42.4 Å². The number of ether oxygens (including phenoxy) is 2. The summed E-state index contributed by atoms with van der Waals surface area (Å²) in [5.41, 5.74) is -1.70. The molecule has 3 heterocycles. The van der Waals surface area contributed by atoms with E-state index in [-0.39, 0.29) is 56.4 Å². The molecule has 1 aromatic heterocycles. The van der Waals surface area contributed by atoms with Crippen molar-refractivity contribution < 1.29 is 51.0 Å². The molecule has 7 atom stereocenters. The highest BCUT2D eigenvalue weighted by Gasteiger charge is 2.64. The minimum absolute atomic E-state index is 0.0303. The van der Waals surface area contributed by atoms with Gasteiger partial charge in [-0.15, -0.1) is 0 Å². The zero-order chi connectivity index (χ0) is 38.3. The summed E-state index contributed by atoms with van der Waals surface area (Å²) in [6.45, 7) is 4.36. The van der Waals surface area contributed by atoms with Crippen LogP contribution in [0, 0.1) is 23.6 Å². The number of sulfonamides is 1. The number of amides is 4. The molecule has 1 aromatic carbocycles. The Bertz CT molecular complexity index is 1930. The topological polar surface area (TPSA) is 193 Å². The number of benzene rings is 1. The van der Waals surface area contributed by atoms with Gasteiger partial charge >= 0.3 is 6.09 Å². The molecule has 0 radical (unpaired) electrons. The molecule has 2 aliphatic heterocycles. The molecule has 0 bridgehead atoms. The molecule has 0 spiro atoms. The van der Waals surface area contributed by atoms with Crippen molar-refractivity contribution in [2.75, 3.05) is 19.8 Å². The maximum atomic E-state index is 14.9. The number of nitrogens with zero attached hydrogens (tertiary/aromatic N) is 2. The van der Waals surface area contributed by atoms with Gasteiger partial charge in [-0.3, -0.25) is 19.1 Å². The number of nitrogens with one attached hydrogen (secondary N) is 3. The average Bonchev–Trinajstić information content (AvgIpc) is 4.00. The lowest BCUT2D eigenvalue weighted by Gasteiger charge is -2.32. The quantitative estimate of drug-likeness (QED) is 0.275. The normalized spacial score (nSPS) is 29.9. The van der Waals surface area contributed by atoms with Gasteiger partial charge < -0.3 is 30.1 Å². The maximum Gasteiger partial charge on any atom is 0.405 e. The molecule has 4 N–H and O–H groups in total. The highest BCUT2D eigenvalue weighted by molar-refractivity contribution is 7.91. The second kappa shape index (κ2) is 14.7. The van der Waals surface area contributed by atoms with Gasteiger partial charge in [0.1, 0.15) is 35.1 Å². The van der Waals surface area contributed by atoms with Crippen LogP contribution in [0.4, 0.5) is 13.6 Å². The summed E-state index contributed by atoms with van der Waals surface area (Å²) >= 11 is 0. The lowest BCUT2D eigenvalue weighted by atomic mass is 9.88. The molecule has 4 aliphatic rings. The number of hydrogen-bond acceptors (Lipinski definition) is 9. The third-order valence-corrected chi connectivity index (χ3v) is 13.0. The highest BCUT2D eigenvalue weighted by atomic mass is 32.2. The minimum Gasteiger partial charge on any atom is -0.491 e. The number of rotatable bonds is 9. The van der Waals surface area contributed by atoms with Crippen LogP contribution in [0.3, 0.4) is 0 Å². The Morgan fingerprint density at radius 1 is 1.19 bits per heavy atom. The predicted molar refractivity (Wildman–Crippen MR) is 188 cm³/mol. The van der Waals surface area contributed by atoms with Crippen LogP contribution in [-0.4, -0.2) is 95.5 Å². The fourth-order valence-corrected chi connectivity index (χ4v) is 8.97. The fourth-order valence-electron chi connectivity index (χ4n) is 7.55. The first-order valence-corrected chi connectivity index (χ1v) is 19.4. The van der Waals surface area contributed by atoms with E-state index in [2.05, 4.69) is 15.6 Å². The Morgan fingerprint density at radius 2 is 1.94 bits per heavy atom. The standard InChI is InChI=1S/C36H45F2N5O9S/c1-4-51-28-14-22-9-12-39-31(25(22)16-26(28)38)52-24-15-27-30(44)41-36(33(46)42-53(49,50)35(19-37)10-11-35)17-23(36)8-6-5-7-20(2)13-21(3)29(40-34(47)48)32(45)43(27)18-24/h6,8-9,12,14,16,20-21,23-24,27,29,40H,4-5,7,10-11,13,15,17-19H2,1-3H3,(H,41,44)(H,42,46)(H,47,48)/t20-,21+,23+,24+,27-,29-,36+/m0/s1. The highest BCUT2D eigenvalue weighted by Crippen LogP contribution is 2.48. The van der Waals surface area contributed by atoms with E-state index >= 15 is 0 Å². The van der Waals surface area contributed by atoms with Gasteiger partial charge in [0.2, 0.25) is 27.7 Å². The van der Waals surface area contributed by atoms with Crippen LogP contribution < -0.4 is 24.8 Å². The largest absolute Gasteiger partial charge is 0.491 e. The number of halogens is 2. The molecule has 1 saturated heterocycles. The van der Waals surface area contributed by atoms with Crippen molar-refractivity contribution >= 4 is 44.6 Å². The van der Waals surface area contributed by atoms with Gasteiger partial charge in [0, 0.05) is 23.9 Å². The predicted octanol–water partition coefficient (Wildman–Crippen LogP) is 3.59. The monoisotopic (exact) mass is 761 g/mol. The first-order chi connectivity index (χ1) is 25.1. The Labute approximate surface area is 306 Å². The summed E-state index contributed by atoms with van der Waals surface area (Å²) in [6.07, 6.45) is 4.54. The van der Waals surface area contributed by atoms with E-state index in [0.717, 1.165) is 0 Å². The van der Waals surface area contributed by atoms with E-state index in [9.17, 15) is 41.5 Å². The summed E-state index contributed by atoms with van der Waals surface area (Å²) in [6, 6.07) is 1.85. The summed E-state index contributed by atoms with van der Waals surface area (Å²) < 4.78 is 66.8. The SMILES string of the molecule is CCOc1cc2ccnc(O[C@@H]3C[C@H]4C(=O)N[C@]5(C(=O)NS(=O)(=O)C6(CF)CC6)C[C@H]5C=CCC[C@H](C)C[C@@H](C)[C@H](NC(=O)O)C(=O)N4C3)c2cc1F. The van der Waals surface area contributed by atoms with Gasteiger partial charge in [-0.2, -0.15) is 0 Å². The van der Waals surface area contributed by atoms with Crippen LogP contribution in [0.25, 0.3) is 10.8 Å². The summed E-state index contributed by atoms with van der Waals surface area (Å²) in [4.78, 5) is 59.8. The zero-order valence-corrected chi connectivity index (χ0v) is 30.6. The average molecular weight is 762 g/mol. The van der Waals surface area contributed by atoms with Crippen LogP contribution in [0.2, 0.25) is 0 Å². The van der Waals surface area contributed by atoms with E-state index in [1.807, 2.05) is 17.7 Å². The van der Waals surface area contributed by atoms with Crippen molar-refractivity contribution in [2.45, 2.75) is 94.2 Å². The molecule has 14 nitrogen and oxygen atoms in total. The van der Waals surface area contributed by atoms with Crippen LogP contribution in [0.1, 0.15) is 65.7 Å². The third kappa shape index (κ3) is 7.62. The van der Waals surface area contributed by atoms with Crippen molar-refractivity contribution in [3.8, 4) is 11.6 Å². The molecule has 4 amide bonds. The first kappa shape index (κ1) is 38.2. The third-order valence-electron chi connectivity index (χ3n) is 10.9. The Morgan fingerprint density at radius 3 is 2.62 bits per heavy atom. The number of alkyl halides is 1. The van der Waals surface area contributed by atoms with E-state index in [0.29, 0.717) is 30.0 Å².